The topological polar surface area (TPSA) is 40.5 Å². The molecule has 1 aromatic heterocycles. The van der Waals surface area contributed by atoms with Crippen molar-refractivity contribution in [1.29, 1.82) is 0 Å². The van der Waals surface area contributed by atoms with Gasteiger partial charge in [0, 0.05) is 54.2 Å². The highest BCUT2D eigenvalue weighted by Crippen LogP contribution is 2.27. The Morgan fingerprint density at radius 2 is 1.84 bits per heavy atom. The molecule has 1 amide bonds. The van der Waals surface area contributed by atoms with Gasteiger partial charge in [0.15, 0.2) is 0 Å². The van der Waals surface area contributed by atoms with Crippen LogP contribution in [-0.4, -0.2) is 59.0 Å². The van der Waals surface area contributed by atoms with E-state index in [1.54, 1.807) is 0 Å². The first kappa shape index (κ1) is 23.6. The molecule has 0 unspecified atom stereocenters. The number of nitrogens with zero attached hydrogens (tertiary/aromatic N) is 3. The number of aromatic nitrogens is 1. The van der Waals surface area contributed by atoms with Crippen molar-refractivity contribution in [3.8, 4) is 0 Å². The summed E-state index contributed by atoms with van der Waals surface area (Å²) in [6, 6.07) is 6.67. The number of piperidine rings is 1. The maximum Gasteiger partial charge on any atom is 0.223 e. The van der Waals surface area contributed by atoms with Gasteiger partial charge in [-0.05, 0) is 89.0 Å². The molecule has 6 heteroatoms. The van der Waals surface area contributed by atoms with Gasteiger partial charge < -0.3 is 14.8 Å². The van der Waals surface area contributed by atoms with Crippen molar-refractivity contribution in [2.75, 3.05) is 32.7 Å². The summed E-state index contributed by atoms with van der Waals surface area (Å²) < 4.78 is 2.17. The summed E-state index contributed by atoms with van der Waals surface area (Å²) in [4.78, 5) is 17.8. The van der Waals surface area contributed by atoms with Crippen molar-refractivity contribution in [3.05, 3.63) is 35.0 Å². The van der Waals surface area contributed by atoms with Crippen LogP contribution in [0, 0.1) is 5.92 Å². The molecule has 5 nitrogen and oxygen atoms in total. The molecule has 4 rings (SSSR count). The number of fused-ring (bicyclic) bond motifs is 1. The van der Waals surface area contributed by atoms with Gasteiger partial charge in [-0.15, -0.1) is 0 Å². The number of amides is 1. The van der Waals surface area contributed by atoms with Crippen molar-refractivity contribution < 1.29 is 4.79 Å². The van der Waals surface area contributed by atoms with Gasteiger partial charge in [-0.25, -0.2) is 0 Å². The Labute approximate surface area is 198 Å². The first-order chi connectivity index (χ1) is 15.5. The number of hydrogen-bond donors (Lipinski definition) is 1. The van der Waals surface area contributed by atoms with E-state index in [0.29, 0.717) is 6.04 Å². The number of nitrogens with one attached hydrogen (secondary N) is 1. The maximum atomic E-state index is 12.7. The zero-order chi connectivity index (χ0) is 22.5. The Morgan fingerprint density at radius 3 is 2.56 bits per heavy atom. The highest BCUT2D eigenvalue weighted by Gasteiger charge is 2.25. The fourth-order valence-corrected chi connectivity index (χ4v) is 5.61. The number of halogens is 1. The molecular weight excluding hydrogens is 420 g/mol. The quantitative estimate of drug-likeness (QED) is 0.646. The predicted molar refractivity (Wildman–Crippen MR) is 133 cm³/mol. The summed E-state index contributed by atoms with van der Waals surface area (Å²) in [6.45, 7) is 8.41. The molecule has 2 aromatic rings. The smallest absolute Gasteiger partial charge is 0.223 e. The molecule has 32 heavy (non-hydrogen) atoms. The summed E-state index contributed by atoms with van der Waals surface area (Å²) in [6.07, 6.45) is 10.5. The van der Waals surface area contributed by atoms with Crippen LogP contribution in [0.5, 0.6) is 0 Å². The lowest BCUT2D eigenvalue weighted by molar-refractivity contribution is -0.126. The second kappa shape index (κ2) is 11.0. The lowest BCUT2D eigenvalue weighted by Gasteiger charge is -2.31. The van der Waals surface area contributed by atoms with E-state index in [-0.39, 0.29) is 11.8 Å². The minimum atomic E-state index is 0.154. The zero-order valence-electron chi connectivity index (χ0n) is 19.8. The maximum absolute atomic E-state index is 12.7. The first-order valence-corrected chi connectivity index (χ1v) is 12.9. The van der Waals surface area contributed by atoms with Crippen LogP contribution >= 0.6 is 11.6 Å². The zero-order valence-corrected chi connectivity index (χ0v) is 20.5. The third-order valence-corrected chi connectivity index (χ3v) is 7.75. The van der Waals surface area contributed by atoms with Crippen LogP contribution in [0.2, 0.25) is 5.02 Å². The Morgan fingerprint density at radius 1 is 1.12 bits per heavy atom. The molecule has 0 radical (unpaired) electrons. The minimum Gasteiger partial charge on any atom is -0.356 e. The third kappa shape index (κ3) is 5.86. The summed E-state index contributed by atoms with van der Waals surface area (Å²) >= 11 is 6.24. The molecule has 2 aliphatic rings. The van der Waals surface area contributed by atoms with Crippen molar-refractivity contribution in [2.45, 2.75) is 64.5 Å². The average Bonchev–Trinajstić information content (AvgIpc) is 2.96. The molecule has 1 N–H and O–H groups in total. The number of carbonyl (C=O) groups excluding carboxylic acids is 1. The van der Waals surface area contributed by atoms with Crippen molar-refractivity contribution in [1.82, 2.24) is 19.7 Å². The van der Waals surface area contributed by atoms with Gasteiger partial charge in [0.2, 0.25) is 5.91 Å². The van der Waals surface area contributed by atoms with E-state index in [1.807, 2.05) is 6.07 Å². The Balaban J connectivity index is 1.21. The van der Waals surface area contributed by atoms with Crippen LogP contribution in [0.4, 0.5) is 0 Å². The highest BCUT2D eigenvalue weighted by atomic mass is 35.5. The van der Waals surface area contributed by atoms with Gasteiger partial charge >= 0.3 is 0 Å². The van der Waals surface area contributed by atoms with Gasteiger partial charge in [-0.3, -0.25) is 9.69 Å². The highest BCUT2D eigenvalue weighted by molar-refractivity contribution is 6.31. The largest absolute Gasteiger partial charge is 0.356 e. The minimum absolute atomic E-state index is 0.154. The molecule has 3 heterocycles. The third-order valence-electron chi connectivity index (χ3n) is 7.51. The van der Waals surface area contributed by atoms with Crippen molar-refractivity contribution in [2.24, 2.45) is 13.0 Å². The predicted octanol–water partition coefficient (Wildman–Crippen LogP) is 4.81. The summed E-state index contributed by atoms with van der Waals surface area (Å²) in [7, 11) is 2.09. The van der Waals surface area contributed by atoms with E-state index < -0.39 is 0 Å². The van der Waals surface area contributed by atoms with E-state index in [9.17, 15) is 4.79 Å². The van der Waals surface area contributed by atoms with E-state index in [4.69, 9.17) is 11.6 Å². The van der Waals surface area contributed by atoms with Crippen LogP contribution in [0.15, 0.2) is 24.4 Å². The fraction of sp³-hybridized carbons (Fsp3) is 0.654. The van der Waals surface area contributed by atoms with Crippen LogP contribution < -0.4 is 5.32 Å². The molecule has 0 spiro atoms. The summed E-state index contributed by atoms with van der Waals surface area (Å²) in [5.41, 5.74) is 2.53. The molecule has 2 aliphatic heterocycles. The first-order valence-electron chi connectivity index (χ1n) is 12.5. The summed E-state index contributed by atoms with van der Waals surface area (Å²) in [5, 5.41) is 5.25. The molecule has 0 aliphatic carbocycles. The van der Waals surface area contributed by atoms with E-state index in [2.05, 4.69) is 52.0 Å². The molecule has 2 fully saturated rings. The van der Waals surface area contributed by atoms with Gasteiger partial charge in [-0.2, -0.15) is 0 Å². The van der Waals surface area contributed by atoms with Crippen molar-refractivity contribution >= 4 is 28.4 Å². The van der Waals surface area contributed by atoms with Crippen LogP contribution in [-0.2, 0) is 18.4 Å². The van der Waals surface area contributed by atoms with Gasteiger partial charge in [0.05, 0.1) is 0 Å². The van der Waals surface area contributed by atoms with Crippen LogP contribution in [0.25, 0.3) is 10.9 Å². The molecule has 1 aromatic carbocycles. The second-order valence-electron chi connectivity index (χ2n) is 9.86. The lowest BCUT2D eigenvalue weighted by atomic mass is 9.95. The number of hydrogen-bond acceptors (Lipinski definition) is 3. The standard InChI is InChI=1S/C26H39ClN4O/c1-20(31-13-5-3-4-6-14-31)9-12-28-26(32)21-10-15-30(16-11-21)19-22-18-29(2)25-8-7-23(27)17-24(22)25/h7-8,17-18,20-21H,3-6,9-16,19H2,1-2H3,(H,28,32)/t20-/m0/s1. The molecule has 1 atom stereocenters. The van der Waals surface area contributed by atoms with Gasteiger partial charge in [0.1, 0.15) is 0 Å². The molecule has 176 valence electrons. The average molecular weight is 459 g/mol. The lowest BCUT2D eigenvalue weighted by Crippen LogP contribution is -2.42. The number of carbonyl (C=O) groups is 1. The van der Waals surface area contributed by atoms with Crippen molar-refractivity contribution in [3.63, 3.8) is 0 Å². The monoisotopic (exact) mass is 458 g/mol. The summed E-state index contributed by atoms with van der Waals surface area (Å²) in [5.74, 6) is 0.409. The number of rotatable bonds is 7. The number of aryl methyl sites for hydroxylation is 1. The molecule has 0 saturated carbocycles. The second-order valence-corrected chi connectivity index (χ2v) is 10.3. The fourth-order valence-electron chi connectivity index (χ4n) is 5.43. The normalized spacial score (nSPS) is 20.3. The van der Waals surface area contributed by atoms with Crippen LogP contribution in [0.3, 0.4) is 0 Å². The molecule has 2 saturated heterocycles. The number of benzene rings is 1. The van der Waals surface area contributed by atoms with Gasteiger partial charge in [-0.1, -0.05) is 24.4 Å². The SMILES string of the molecule is C[C@@H](CCNC(=O)C1CCN(Cc2cn(C)c3ccc(Cl)cc23)CC1)N1CCCCCC1. The molecule has 0 bridgehead atoms. The molecular formula is C26H39ClN4O. The van der Waals surface area contributed by atoms with Gasteiger partial charge in [0.25, 0.3) is 0 Å². The van der Waals surface area contributed by atoms with E-state index >= 15 is 0 Å². The van der Waals surface area contributed by atoms with E-state index in [0.717, 1.165) is 50.5 Å². The Hall–Kier alpha value is -1.56. The number of likely N-dealkylation sites (tertiary alicyclic amines) is 2. The van der Waals surface area contributed by atoms with Crippen LogP contribution in [0.1, 0.15) is 57.4 Å². The van der Waals surface area contributed by atoms with E-state index in [1.165, 1.54) is 55.2 Å². The Kier molecular flexibility index (Phi) is 8.14. The Bertz CT molecular complexity index is 895.